The highest BCUT2D eigenvalue weighted by atomic mass is 79.9. The Morgan fingerprint density at radius 3 is 3.00 bits per heavy atom. The van der Waals surface area contributed by atoms with Crippen LogP contribution in [0.25, 0.3) is 10.2 Å². The Kier molecular flexibility index (Phi) is 5.81. The number of halogens is 1. The Morgan fingerprint density at radius 1 is 1.24 bits per heavy atom. The predicted molar refractivity (Wildman–Crippen MR) is 122 cm³/mol. The lowest BCUT2D eigenvalue weighted by Crippen LogP contribution is -2.37. The molecule has 1 saturated heterocycles. The van der Waals surface area contributed by atoms with Crippen molar-refractivity contribution < 1.29 is 4.74 Å². The average Bonchev–Trinajstić information content (AvgIpc) is 3.12. The van der Waals surface area contributed by atoms with Crippen molar-refractivity contribution in [3.05, 3.63) is 45.5 Å². The molecule has 2 aromatic heterocycles. The molecule has 2 aliphatic rings. The Labute approximate surface area is 183 Å². The number of fused-ring (bicyclic) bond motifs is 3. The number of ether oxygens (including phenoxy) is 1. The van der Waals surface area contributed by atoms with Crippen molar-refractivity contribution in [3.8, 4) is 0 Å². The first-order chi connectivity index (χ1) is 14.3. The second kappa shape index (κ2) is 8.68. The molecule has 5 nitrogen and oxygen atoms in total. The first-order valence-electron chi connectivity index (χ1n) is 10.3. The van der Waals surface area contributed by atoms with Gasteiger partial charge in [0.25, 0.3) is 0 Å². The summed E-state index contributed by atoms with van der Waals surface area (Å²) in [6.07, 6.45) is 6.53. The van der Waals surface area contributed by atoms with E-state index in [9.17, 15) is 0 Å². The van der Waals surface area contributed by atoms with E-state index in [0.29, 0.717) is 0 Å². The summed E-state index contributed by atoms with van der Waals surface area (Å²) >= 11 is 5.41. The van der Waals surface area contributed by atoms with Gasteiger partial charge >= 0.3 is 0 Å². The molecule has 7 heteroatoms. The zero-order valence-corrected chi connectivity index (χ0v) is 18.8. The van der Waals surface area contributed by atoms with Gasteiger partial charge in [0.2, 0.25) is 0 Å². The summed E-state index contributed by atoms with van der Waals surface area (Å²) in [5.74, 6) is 1.70. The van der Waals surface area contributed by atoms with E-state index in [2.05, 4.69) is 48.2 Å². The summed E-state index contributed by atoms with van der Waals surface area (Å²) in [6.45, 7) is 5.14. The van der Waals surface area contributed by atoms with E-state index in [1.165, 1.54) is 41.6 Å². The van der Waals surface area contributed by atoms with Gasteiger partial charge in [-0.2, -0.15) is 0 Å². The van der Waals surface area contributed by atoms with Crippen molar-refractivity contribution in [2.75, 3.05) is 38.2 Å². The highest BCUT2D eigenvalue weighted by Crippen LogP contribution is 2.41. The SMILES string of the molecule is Brc1cccc(Nc2ncnc3sc4c(c23)CCC(CCN2CCOCC2)C4)c1. The molecule has 1 aliphatic heterocycles. The minimum absolute atomic E-state index is 0.771. The van der Waals surface area contributed by atoms with Gasteiger partial charge in [0.15, 0.2) is 0 Å². The van der Waals surface area contributed by atoms with Gasteiger partial charge in [-0.3, -0.25) is 4.90 Å². The van der Waals surface area contributed by atoms with Crippen molar-refractivity contribution in [2.45, 2.75) is 25.7 Å². The number of nitrogens with zero attached hydrogens (tertiary/aromatic N) is 3. The lowest BCUT2D eigenvalue weighted by Gasteiger charge is -2.29. The molecule has 1 aromatic carbocycles. The van der Waals surface area contributed by atoms with Crippen LogP contribution in [0.1, 0.15) is 23.3 Å². The molecule has 0 bridgehead atoms. The Balaban J connectivity index is 1.34. The number of hydrogen-bond donors (Lipinski definition) is 1. The quantitative estimate of drug-likeness (QED) is 0.564. The van der Waals surface area contributed by atoms with Crippen LogP contribution >= 0.6 is 27.3 Å². The third kappa shape index (κ3) is 4.33. The van der Waals surface area contributed by atoms with Crippen molar-refractivity contribution >= 4 is 49.0 Å². The molecular weight excluding hydrogens is 448 g/mol. The lowest BCUT2D eigenvalue weighted by molar-refractivity contribution is 0.0351. The predicted octanol–water partition coefficient (Wildman–Crippen LogP) is 5.02. The highest BCUT2D eigenvalue weighted by Gasteiger charge is 2.25. The maximum Gasteiger partial charge on any atom is 0.142 e. The molecule has 0 spiro atoms. The second-order valence-electron chi connectivity index (χ2n) is 7.89. The first kappa shape index (κ1) is 19.4. The maximum atomic E-state index is 5.47. The number of nitrogens with one attached hydrogen (secondary N) is 1. The van der Waals surface area contributed by atoms with Crippen LogP contribution in [0.15, 0.2) is 35.1 Å². The third-order valence-corrected chi connectivity index (χ3v) is 7.65. The van der Waals surface area contributed by atoms with Gasteiger partial charge in [-0.15, -0.1) is 11.3 Å². The number of hydrogen-bond acceptors (Lipinski definition) is 6. The summed E-state index contributed by atoms with van der Waals surface area (Å²) in [4.78, 5) is 14.3. The molecule has 0 amide bonds. The van der Waals surface area contributed by atoms with Crippen LogP contribution in [0.2, 0.25) is 0 Å². The van der Waals surface area contributed by atoms with Crippen molar-refractivity contribution in [1.29, 1.82) is 0 Å². The minimum Gasteiger partial charge on any atom is -0.379 e. The van der Waals surface area contributed by atoms with E-state index in [4.69, 9.17) is 4.74 Å². The molecule has 1 aliphatic carbocycles. The monoisotopic (exact) mass is 472 g/mol. The minimum atomic E-state index is 0.771. The summed E-state index contributed by atoms with van der Waals surface area (Å²) < 4.78 is 6.53. The summed E-state index contributed by atoms with van der Waals surface area (Å²) in [5.41, 5.74) is 2.50. The smallest absolute Gasteiger partial charge is 0.142 e. The molecule has 1 atom stereocenters. The van der Waals surface area contributed by atoms with E-state index in [0.717, 1.165) is 59.5 Å². The zero-order valence-electron chi connectivity index (χ0n) is 16.4. The maximum absolute atomic E-state index is 5.47. The van der Waals surface area contributed by atoms with Crippen molar-refractivity contribution in [3.63, 3.8) is 0 Å². The van der Waals surface area contributed by atoms with Gasteiger partial charge in [-0.05, 0) is 61.9 Å². The highest BCUT2D eigenvalue weighted by molar-refractivity contribution is 9.10. The second-order valence-corrected chi connectivity index (χ2v) is 9.89. The number of morpholine rings is 1. The van der Waals surface area contributed by atoms with E-state index >= 15 is 0 Å². The zero-order chi connectivity index (χ0) is 19.6. The van der Waals surface area contributed by atoms with Crippen LogP contribution in [-0.2, 0) is 17.6 Å². The molecule has 1 unspecified atom stereocenters. The van der Waals surface area contributed by atoms with E-state index < -0.39 is 0 Å². The fraction of sp³-hybridized carbons (Fsp3) is 0.455. The van der Waals surface area contributed by atoms with Crippen LogP contribution in [0.5, 0.6) is 0 Å². The fourth-order valence-corrected chi connectivity index (χ4v) is 6.11. The van der Waals surface area contributed by atoms with Crippen LogP contribution < -0.4 is 5.32 Å². The Morgan fingerprint density at radius 2 is 2.14 bits per heavy atom. The summed E-state index contributed by atoms with van der Waals surface area (Å²) in [7, 11) is 0. The van der Waals surface area contributed by atoms with Crippen molar-refractivity contribution in [2.24, 2.45) is 5.92 Å². The molecule has 3 heterocycles. The van der Waals surface area contributed by atoms with Crippen LogP contribution in [0, 0.1) is 5.92 Å². The normalized spacial score (nSPS) is 20.0. The van der Waals surface area contributed by atoms with Crippen LogP contribution in [0.4, 0.5) is 11.5 Å². The van der Waals surface area contributed by atoms with Gasteiger partial charge in [-0.25, -0.2) is 9.97 Å². The molecule has 1 N–H and O–H groups in total. The summed E-state index contributed by atoms with van der Waals surface area (Å²) in [6, 6.07) is 8.21. The van der Waals surface area contributed by atoms with E-state index in [1.807, 2.05) is 23.5 Å². The molecule has 0 radical (unpaired) electrons. The van der Waals surface area contributed by atoms with Gasteiger partial charge in [-0.1, -0.05) is 22.0 Å². The van der Waals surface area contributed by atoms with Gasteiger partial charge in [0.1, 0.15) is 17.0 Å². The van der Waals surface area contributed by atoms with Crippen molar-refractivity contribution in [1.82, 2.24) is 14.9 Å². The number of benzene rings is 1. The molecule has 152 valence electrons. The number of aromatic nitrogens is 2. The van der Waals surface area contributed by atoms with Crippen LogP contribution in [-0.4, -0.2) is 47.7 Å². The van der Waals surface area contributed by atoms with Gasteiger partial charge in [0.05, 0.1) is 18.6 Å². The topological polar surface area (TPSA) is 50.3 Å². The van der Waals surface area contributed by atoms with Crippen LogP contribution in [0.3, 0.4) is 0 Å². The molecule has 5 rings (SSSR count). The van der Waals surface area contributed by atoms with Gasteiger partial charge in [0, 0.05) is 28.1 Å². The lowest BCUT2D eigenvalue weighted by atomic mass is 9.85. The number of thiophene rings is 1. The number of rotatable bonds is 5. The standard InChI is InChI=1S/C22H25BrN4OS/c23-16-2-1-3-17(13-16)26-21-20-18-5-4-15(6-7-27-8-10-28-11-9-27)12-19(18)29-22(20)25-14-24-21/h1-3,13-15H,4-12H2,(H,24,25,26). The van der Waals surface area contributed by atoms with E-state index in [1.54, 1.807) is 6.33 Å². The Bertz CT molecular complexity index is 1000. The molecule has 0 saturated carbocycles. The molecule has 1 fully saturated rings. The number of aryl methyl sites for hydroxylation is 1. The molecule has 29 heavy (non-hydrogen) atoms. The Hall–Kier alpha value is -1.54. The van der Waals surface area contributed by atoms with E-state index in [-0.39, 0.29) is 0 Å². The first-order valence-corrected chi connectivity index (χ1v) is 11.9. The van der Waals surface area contributed by atoms with Gasteiger partial charge < -0.3 is 10.1 Å². The average molecular weight is 473 g/mol. The molecular formula is C22H25BrN4OS. The summed E-state index contributed by atoms with van der Waals surface area (Å²) in [5, 5.41) is 4.73. The number of anilines is 2. The third-order valence-electron chi connectivity index (χ3n) is 5.99. The molecule has 3 aromatic rings. The largest absolute Gasteiger partial charge is 0.379 e. The fourth-order valence-electron chi connectivity index (χ4n) is 4.41.